The van der Waals surface area contributed by atoms with Gasteiger partial charge < -0.3 is 14.3 Å². The monoisotopic (exact) mass is 399 g/mol. The summed E-state index contributed by atoms with van der Waals surface area (Å²) >= 11 is 0. The molecule has 0 atom stereocenters. The second-order valence-electron chi connectivity index (χ2n) is 6.98. The number of fused-ring (bicyclic) bond motifs is 2. The third-order valence-electron chi connectivity index (χ3n) is 5.03. The molecule has 0 aliphatic carbocycles. The van der Waals surface area contributed by atoms with Crippen LogP contribution in [0.25, 0.3) is 27.8 Å². The molecule has 8 nitrogen and oxygen atoms in total. The molecule has 0 spiro atoms. The number of para-hydroxylation sites is 2. The summed E-state index contributed by atoms with van der Waals surface area (Å²) in [6.07, 6.45) is 3.13. The number of furan rings is 1. The van der Waals surface area contributed by atoms with Gasteiger partial charge in [-0.1, -0.05) is 12.1 Å². The molecule has 0 radical (unpaired) electrons. The first-order valence-electron chi connectivity index (χ1n) is 9.31. The Morgan fingerprint density at radius 2 is 1.80 bits per heavy atom. The molecule has 0 bridgehead atoms. The molecule has 3 heterocycles. The van der Waals surface area contributed by atoms with Gasteiger partial charge >= 0.3 is 0 Å². The van der Waals surface area contributed by atoms with Crippen molar-refractivity contribution in [3.63, 3.8) is 0 Å². The Morgan fingerprint density at radius 1 is 1.03 bits per heavy atom. The Morgan fingerprint density at radius 3 is 2.60 bits per heavy atom. The summed E-state index contributed by atoms with van der Waals surface area (Å²) in [5, 5.41) is 3.01. The average Bonchev–Trinajstić information content (AvgIpc) is 3.32. The highest BCUT2D eigenvalue weighted by atomic mass is 16.3. The van der Waals surface area contributed by atoms with Crippen LogP contribution in [0.1, 0.15) is 16.1 Å². The third-order valence-corrected chi connectivity index (χ3v) is 5.03. The molecule has 0 saturated carbocycles. The van der Waals surface area contributed by atoms with Crippen LogP contribution in [0.2, 0.25) is 0 Å². The number of amides is 1. The first-order chi connectivity index (χ1) is 14.5. The second-order valence-corrected chi connectivity index (χ2v) is 6.98. The average molecular weight is 399 g/mol. The van der Waals surface area contributed by atoms with Gasteiger partial charge in [0, 0.05) is 18.4 Å². The minimum Gasteiger partial charge on any atom is -0.442 e. The third kappa shape index (κ3) is 2.77. The lowest BCUT2D eigenvalue weighted by Gasteiger charge is -2.08. The number of anilines is 1. The number of benzene rings is 2. The van der Waals surface area contributed by atoms with Crippen LogP contribution in [0.15, 0.2) is 70.4 Å². The van der Waals surface area contributed by atoms with Gasteiger partial charge in [-0.25, -0.2) is 9.97 Å². The first-order valence-corrected chi connectivity index (χ1v) is 9.31. The van der Waals surface area contributed by atoms with Gasteiger partial charge in [0.05, 0.1) is 16.6 Å². The highest BCUT2D eigenvalue weighted by Crippen LogP contribution is 2.23. The molecule has 30 heavy (non-hydrogen) atoms. The van der Waals surface area contributed by atoms with Gasteiger partial charge in [-0.3, -0.25) is 14.2 Å². The van der Waals surface area contributed by atoms with E-state index in [4.69, 9.17) is 4.42 Å². The summed E-state index contributed by atoms with van der Waals surface area (Å²) in [4.78, 5) is 33.9. The van der Waals surface area contributed by atoms with E-state index in [1.54, 1.807) is 32.4 Å². The molecule has 0 aliphatic rings. The number of nitrogens with zero attached hydrogens (tertiary/aromatic N) is 4. The molecule has 0 aliphatic heterocycles. The smallest absolute Gasteiger partial charge is 0.265 e. The summed E-state index contributed by atoms with van der Waals surface area (Å²) < 4.78 is 8.80. The SMILES string of the molecule is Cc1oc2ncn(C)c(=O)c2c1C(=O)Nc1ccc(-n2cnc3ccccc32)cc1. The number of imidazole rings is 1. The summed E-state index contributed by atoms with van der Waals surface area (Å²) in [5.74, 6) is -0.0722. The number of rotatable bonds is 3. The second kappa shape index (κ2) is 6.70. The van der Waals surface area contributed by atoms with E-state index >= 15 is 0 Å². The van der Waals surface area contributed by atoms with E-state index in [1.165, 1.54) is 10.9 Å². The molecule has 0 saturated heterocycles. The van der Waals surface area contributed by atoms with Crippen LogP contribution in [-0.2, 0) is 7.05 Å². The molecule has 2 aromatic carbocycles. The van der Waals surface area contributed by atoms with Crippen LogP contribution in [-0.4, -0.2) is 25.0 Å². The lowest BCUT2D eigenvalue weighted by molar-refractivity contribution is 0.102. The Kier molecular flexibility index (Phi) is 3.99. The quantitative estimate of drug-likeness (QED) is 0.502. The Balaban J connectivity index is 1.46. The molecule has 5 rings (SSSR count). The number of hydrogen-bond acceptors (Lipinski definition) is 5. The predicted octanol–water partition coefficient (Wildman–Crippen LogP) is 3.43. The molecular weight excluding hydrogens is 382 g/mol. The van der Waals surface area contributed by atoms with Gasteiger partial charge in [0.2, 0.25) is 5.71 Å². The van der Waals surface area contributed by atoms with Crippen molar-refractivity contribution in [2.24, 2.45) is 7.05 Å². The molecule has 0 fully saturated rings. The maximum atomic E-state index is 12.9. The zero-order chi connectivity index (χ0) is 20.8. The number of hydrogen-bond donors (Lipinski definition) is 1. The van der Waals surface area contributed by atoms with Gasteiger partial charge in [0.25, 0.3) is 11.5 Å². The predicted molar refractivity (Wildman–Crippen MR) is 113 cm³/mol. The van der Waals surface area contributed by atoms with E-state index in [0.29, 0.717) is 11.4 Å². The Labute approximate surface area is 170 Å². The molecule has 8 heteroatoms. The number of aromatic nitrogens is 4. The van der Waals surface area contributed by atoms with E-state index in [-0.39, 0.29) is 22.2 Å². The van der Waals surface area contributed by atoms with Crippen LogP contribution < -0.4 is 10.9 Å². The van der Waals surface area contributed by atoms with Crippen molar-refractivity contribution in [3.8, 4) is 5.69 Å². The van der Waals surface area contributed by atoms with Crippen molar-refractivity contribution in [2.75, 3.05) is 5.32 Å². The summed E-state index contributed by atoms with van der Waals surface area (Å²) in [6.45, 7) is 1.64. The minimum absolute atomic E-state index is 0.156. The van der Waals surface area contributed by atoms with Crippen molar-refractivity contribution in [3.05, 3.63) is 82.9 Å². The molecule has 0 unspecified atom stereocenters. The normalized spacial score (nSPS) is 11.3. The fourth-order valence-corrected chi connectivity index (χ4v) is 3.52. The summed E-state index contributed by atoms with van der Waals surface area (Å²) in [7, 11) is 1.58. The topological polar surface area (TPSA) is 95.0 Å². The summed E-state index contributed by atoms with van der Waals surface area (Å²) in [6, 6.07) is 15.3. The zero-order valence-corrected chi connectivity index (χ0v) is 16.3. The van der Waals surface area contributed by atoms with Crippen molar-refractivity contribution < 1.29 is 9.21 Å². The Bertz CT molecular complexity index is 1470. The van der Waals surface area contributed by atoms with Crippen molar-refractivity contribution in [1.82, 2.24) is 19.1 Å². The van der Waals surface area contributed by atoms with Crippen molar-refractivity contribution in [2.45, 2.75) is 6.92 Å². The van der Waals surface area contributed by atoms with Gasteiger partial charge in [0.15, 0.2) is 0 Å². The molecule has 1 N–H and O–H groups in total. The molecule has 3 aromatic heterocycles. The van der Waals surface area contributed by atoms with Crippen LogP contribution in [0, 0.1) is 6.92 Å². The molecular formula is C22H17N5O3. The van der Waals surface area contributed by atoms with E-state index in [2.05, 4.69) is 15.3 Å². The van der Waals surface area contributed by atoms with Gasteiger partial charge in [-0.2, -0.15) is 0 Å². The van der Waals surface area contributed by atoms with Crippen molar-refractivity contribution >= 4 is 33.7 Å². The van der Waals surface area contributed by atoms with Crippen LogP contribution >= 0.6 is 0 Å². The lowest BCUT2D eigenvalue weighted by Crippen LogP contribution is -2.20. The van der Waals surface area contributed by atoms with Gasteiger partial charge in [0.1, 0.15) is 23.8 Å². The minimum atomic E-state index is -0.419. The van der Waals surface area contributed by atoms with E-state index in [1.807, 2.05) is 41.0 Å². The first kappa shape index (κ1) is 17.9. The fourth-order valence-electron chi connectivity index (χ4n) is 3.52. The fraction of sp³-hybridized carbons (Fsp3) is 0.0909. The van der Waals surface area contributed by atoms with E-state index in [9.17, 15) is 9.59 Å². The largest absolute Gasteiger partial charge is 0.442 e. The van der Waals surface area contributed by atoms with E-state index < -0.39 is 5.91 Å². The molecule has 5 aromatic rings. The van der Waals surface area contributed by atoms with Gasteiger partial charge in [-0.15, -0.1) is 0 Å². The highest BCUT2D eigenvalue weighted by molar-refractivity contribution is 6.12. The maximum Gasteiger partial charge on any atom is 0.265 e. The Hall–Kier alpha value is -4.20. The van der Waals surface area contributed by atoms with Crippen molar-refractivity contribution in [1.29, 1.82) is 0 Å². The standard InChI is InChI=1S/C22H17N5O3/c1-13-18(19-21(30-13)24-11-26(2)22(19)29)20(28)25-14-7-9-15(10-8-14)27-12-23-16-5-3-4-6-17(16)27/h3-12H,1-2H3,(H,25,28). The van der Waals surface area contributed by atoms with Crippen LogP contribution in [0.3, 0.4) is 0 Å². The highest BCUT2D eigenvalue weighted by Gasteiger charge is 2.22. The van der Waals surface area contributed by atoms with Crippen LogP contribution in [0.4, 0.5) is 5.69 Å². The number of carbonyl (C=O) groups is 1. The molecule has 1 amide bonds. The zero-order valence-electron chi connectivity index (χ0n) is 16.3. The number of aryl methyl sites for hydroxylation is 2. The van der Waals surface area contributed by atoms with Gasteiger partial charge in [-0.05, 0) is 43.3 Å². The molecule has 148 valence electrons. The summed E-state index contributed by atoms with van der Waals surface area (Å²) in [5.41, 5.74) is 3.45. The number of nitrogens with one attached hydrogen (secondary N) is 1. The van der Waals surface area contributed by atoms with Crippen LogP contribution in [0.5, 0.6) is 0 Å². The van der Waals surface area contributed by atoms with E-state index in [0.717, 1.165) is 16.7 Å². The number of carbonyl (C=O) groups excluding carboxylic acids is 1. The maximum absolute atomic E-state index is 12.9. The lowest BCUT2D eigenvalue weighted by atomic mass is 10.1.